The second kappa shape index (κ2) is 8.86. The highest BCUT2D eigenvalue weighted by molar-refractivity contribution is 5.80. The number of carbonyl (C=O) groups is 1. The molecule has 0 atom stereocenters. The molecule has 2 rings (SSSR count). The maximum atomic E-state index is 11.2. The summed E-state index contributed by atoms with van der Waals surface area (Å²) in [6.07, 6.45) is 1.59. The zero-order chi connectivity index (χ0) is 18.2. The van der Waals surface area contributed by atoms with Crippen molar-refractivity contribution < 1.29 is 9.72 Å². The number of non-ortho nitro benzene ring substituents is 1. The van der Waals surface area contributed by atoms with Crippen molar-refractivity contribution in [3.63, 3.8) is 0 Å². The number of benzene rings is 1. The first-order valence-electron chi connectivity index (χ1n) is 8.32. The lowest BCUT2D eigenvalue weighted by atomic mass is 10.1. The summed E-state index contributed by atoms with van der Waals surface area (Å²) >= 11 is 0. The van der Waals surface area contributed by atoms with Gasteiger partial charge < -0.3 is 21.3 Å². The normalized spacial score (nSPS) is 15.7. The fourth-order valence-electron chi connectivity index (χ4n) is 2.70. The van der Waals surface area contributed by atoms with Gasteiger partial charge >= 0.3 is 6.03 Å². The smallest absolute Gasteiger partial charge is 0.314 e. The van der Waals surface area contributed by atoms with Gasteiger partial charge in [0.05, 0.1) is 11.5 Å². The molecule has 9 nitrogen and oxygen atoms in total. The lowest BCUT2D eigenvalue weighted by Gasteiger charge is -2.32. The van der Waals surface area contributed by atoms with E-state index >= 15 is 0 Å². The Bertz CT molecular complexity index is 641. The molecule has 4 N–H and O–H groups in total. The Morgan fingerprint density at radius 1 is 1.44 bits per heavy atom. The van der Waals surface area contributed by atoms with Gasteiger partial charge in [-0.15, -0.1) is 0 Å². The Morgan fingerprint density at radius 2 is 2.16 bits per heavy atom. The van der Waals surface area contributed by atoms with Crippen LogP contribution in [0, 0.1) is 10.1 Å². The van der Waals surface area contributed by atoms with E-state index in [2.05, 4.69) is 15.6 Å². The third kappa shape index (κ3) is 5.63. The number of nitrogens with one attached hydrogen (secondary N) is 2. The summed E-state index contributed by atoms with van der Waals surface area (Å²) in [5.74, 6) is 0.659. The van der Waals surface area contributed by atoms with Crippen LogP contribution in [-0.4, -0.2) is 47.5 Å². The average molecular weight is 348 g/mol. The highest BCUT2D eigenvalue weighted by Crippen LogP contribution is 2.14. The second-order valence-corrected chi connectivity index (χ2v) is 5.87. The fraction of sp³-hybridized carbons (Fsp3) is 0.500. The van der Waals surface area contributed by atoms with Crippen molar-refractivity contribution >= 4 is 17.7 Å². The number of carbonyl (C=O) groups excluding carboxylic acids is 1. The molecular weight excluding hydrogens is 324 g/mol. The van der Waals surface area contributed by atoms with Crippen molar-refractivity contribution in [3.8, 4) is 0 Å². The van der Waals surface area contributed by atoms with Gasteiger partial charge in [0, 0.05) is 37.8 Å². The van der Waals surface area contributed by atoms with E-state index in [1.807, 2.05) is 13.0 Å². The number of primary amides is 1. The Labute approximate surface area is 146 Å². The van der Waals surface area contributed by atoms with Gasteiger partial charge in [-0.25, -0.2) is 9.79 Å². The van der Waals surface area contributed by atoms with E-state index in [0.717, 1.165) is 18.4 Å². The number of aliphatic imine (C=N–C) groups is 1. The molecule has 0 aliphatic carbocycles. The van der Waals surface area contributed by atoms with E-state index in [0.29, 0.717) is 32.1 Å². The van der Waals surface area contributed by atoms with Crippen molar-refractivity contribution in [2.45, 2.75) is 32.4 Å². The van der Waals surface area contributed by atoms with Crippen molar-refractivity contribution in [3.05, 3.63) is 39.9 Å². The monoisotopic (exact) mass is 348 g/mol. The van der Waals surface area contributed by atoms with Gasteiger partial charge in [-0.3, -0.25) is 10.1 Å². The molecule has 0 aromatic heterocycles. The number of nitrogens with two attached hydrogens (primary N) is 1. The molecule has 1 aliphatic rings. The summed E-state index contributed by atoms with van der Waals surface area (Å²) in [7, 11) is 0. The molecule has 1 aromatic rings. The number of hydrogen-bond donors (Lipinski definition) is 3. The number of hydrogen-bond acceptors (Lipinski definition) is 4. The van der Waals surface area contributed by atoms with E-state index in [-0.39, 0.29) is 17.8 Å². The summed E-state index contributed by atoms with van der Waals surface area (Å²) < 4.78 is 0. The standard InChI is InChI=1S/C16H24N6O3/c1-2-18-16(20-13-6-8-21(9-7-13)15(17)23)19-11-12-4-3-5-14(10-12)22(24)25/h3-5,10,13H,2,6-9,11H2,1H3,(H2,17,23)(H2,18,19,20). The second-order valence-electron chi connectivity index (χ2n) is 5.87. The number of likely N-dealkylation sites (tertiary alicyclic amines) is 1. The van der Waals surface area contributed by atoms with Gasteiger partial charge in [0.1, 0.15) is 0 Å². The average Bonchev–Trinajstić information content (AvgIpc) is 2.60. The molecule has 1 aromatic carbocycles. The quantitative estimate of drug-likeness (QED) is 0.319. The maximum absolute atomic E-state index is 11.2. The van der Waals surface area contributed by atoms with Crippen LogP contribution < -0.4 is 16.4 Å². The van der Waals surface area contributed by atoms with Gasteiger partial charge in [0.15, 0.2) is 5.96 Å². The third-order valence-electron chi connectivity index (χ3n) is 4.03. The number of nitro groups is 1. The molecule has 0 unspecified atom stereocenters. The first kappa shape index (κ1) is 18.5. The van der Waals surface area contributed by atoms with E-state index in [9.17, 15) is 14.9 Å². The fourth-order valence-corrected chi connectivity index (χ4v) is 2.70. The third-order valence-corrected chi connectivity index (χ3v) is 4.03. The first-order chi connectivity index (χ1) is 12.0. The SMILES string of the molecule is CCNC(=NCc1cccc([N+](=O)[O-])c1)NC1CCN(C(N)=O)CC1. The molecule has 0 bridgehead atoms. The lowest BCUT2D eigenvalue weighted by Crippen LogP contribution is -2.50. The number of piperidine rings is 1. The molecule has 0 spiro atoms. The Balaban J connectivity index is 1.95. The topological polar surface area (TPSA) is 126 Å². The summed E-state index contributed by atoms with van der Waals surface area (Å²) in [6, 6.07) is 6.28. The lowest BCUT2D eigenvalue weighted by molar-refractivity contribution is -0.384. The molecule has 0 saturated carbocycles. The largest absolute Gasteiger partial charge is 0.357 e. The maximum Gasteiger partial charge on any atom is 0.314 e. The predicted octanol–water partition coefficient (Wildman–Crippen LogP) is 1.19. The first-order valence-corrected chi connectivity index (χ1v) is 8.32. The molecule has 0 radical (unpaired) electrons. The van der Waals surface area contributed by atoms with Gasteiger partial charge in [0.25, 0.3) is 5.69 Å². The highest BCUT2D eigenvalue weighted by Gasteiger charge is 2.21. The molecule has 1 heterocycles. The van der Waals surface area contributed by atoms with Crippen LogP contribution in [-0.2, 0) is 6.54 Å². The van der Waals surface area contributed by atoms with Gasteiger partial charge in [-0.05, 0) is 25.3 Å². The van der Waals surface area contributed by atoms with E-state index in [1.165, 1.54) is 12.1 Å². The van der Waals surface area contributed by atoms with Crippen LogP contribution in [0.4, 0.5) is 10.5 Å². The van der Waals surface area contributed by atoms with Crippen molar-refractivity contribution in [2.24, 2.45) is 10.7 Å². The molecule has 136 valence electrons. The summed E-state index contributed by atoms with van der Waals surface area (Å²) in [5.41, 5.74) is 6.12. The summed E-state index contributed by atoms with van der Waals surface area (Å²) in [4.78, 5) is 27.7. The van der Waals surface area contributed by atoms with Crippen molar-refractivity contribution in [1.82, 2.24) is 15.5 Å². The number of nitrogens with zero attached hydrogens (tertiary/aromatic N) is 3. The van der Waals surface area contributed by atoms with Gasteiger partial charge in [-0.2, -0.15) is 0 Å². The Hall–Kier alpha value is -2.84. The molecule has 1 fully saturated rings. The minimum atomic E-state index is -0.414. The van der Waals surface area contributed by atoms with Crippen LogP contribution in [0.3, 0.4) is 0 Å². The molecule has 25 heavy (non-hydrogen) atoms. The molecular formula is C16H24N6O3. The summed E-state index contributed by atoms with van der Waals surface area (Å²) in [5, 5.41) is 17.4. The van der Waals surface area contributed by atoms with Crippen molar-refractivity contribution in [2.75, 3.05) is 19.6 Å². The number of guanidine groups is 1. The minimum Gasteiger partial charge on any atom is -0.357 e. The highest BCUT2D eigenvalue weighted by atomic mass is 16.6. The van der Waals surface area contributed by atoms with Crippen LogP contribution in [0.25, 0.3) is 0 Å². The van der Waals surface area contributed by atoms with Gasteiger partial charge in [0.2, 0.25) is 0 Å². The van der Waals surface area contributed by atoms with E-state index < -0.39 is 4.92 Å². The van der Waals surface area contributed by atoms with Gasteiger partial charge in [-0.1, -0.05) is 12.1 Å². The molecule has 1 aliphatic heterocycles. The van der Waals surface area contributed by atoms with E-state index in [1.54, 1.807) is 11.0 Å². The van der Waals surface area contributed by atoms with E-state index in [4.69, 9.17) is 5.73 Å². The van der Waals surface area contributed by atoms with Crippen LogP contribution in [0.1, 0.15) is 25.3 Å². The van der Waals surface area contributed by atoms with Crippen molar-refractivity contribution in [1.29, 1.82) is 0 Å². The Morgan fingerprint density at radius 3 is 2.76 bits per heavy atom. The number of rotatable bonds is 5. The van der Waals surface area contributed by atoms with Crippen LogP contribution in [0.15, 0.2) is 29.3 Å². The van der Waals surface area contributed by atoms with Crippen LogP contribution >= 0.6 is 0 Å². The zero-order valence-corrected chi connectivity index (χ0v) is 14.3. The Kier molecular flexibility index (Phi) is 6.55. The number of urea groups is 1. The molecule has 1 saturated heterocycles. The number of nitro benzene ring substituents is 1. The number of amides is 2. The molecule has 2 amide bonds. The predicted molar refractivity (Wildman–Crippen MR) is 95.2 cm³/mol. The molecule has 9 heteroatoms. The summed E-state index contributed by atoms with van der Waals surface area (Å²) in [6.45, 7) is 4.27. The zero-order valence-electron chi connectivity index (χ0n) is 14.3. The van der Waals surface area contributed by atoms with Crippen LogP contribution in [0.2, 0.25) is 0 Å². The van der Waals surface area contributed by atoms with Crippen LogP contribution in [0.5, 0.6) is 0 Å². The minimum absolute atomic E-state index is 0.0597.